The van der Waals surface area contributed by atoms with Crippen molar-refractivity contribution in [2.75, 3.05) is 0 Å². The van der Waals surface area contributed by atoms with Gasteiger partial charge in [-0.15, -0.1) is 0 Å². The fourth-order valence-corrected chi connectivity index (χ4v) is 2.13. The van der Waals surface area contributed by atoms with E-state index in [-0.39, 0.29) is 10.6 Å². The van der Waals surface area contributed by atoms with Crippen LogP contribution in [0.5, 0.6) is 0 Å². The Hall–Kier alpha value is -1.88. The van der Waals surface area contributed by atoms with E-state index in [9.17, 15) is 10.1 Å². The molecular formula is C11H8N2O2S. The molecule has 0 unspecified atom stereocenters. The smallest absolute Gasteiger partial charge is 0.265 e. The van der Waals surface area contributed by atoms with Crippen LogP contribution in [-0.4, -0.2) is 9.91 Å². The standard InChI is InChI=1S/C11H8N2O2S/c14-13(15)10-3-1-2-4-11(10)16-9-5-7-12-8-6-9/h1-8H. The SMILES string of the molecule is O=[N+]([O-])c1ccccc1Sc1ccncc1. The second kappa shape index (κ2) is 4.76. The minimum atomic E-state index is -0.372. The van der Waals surface area contributed by atoms with Gasteiger partial charge in [0.05, 0.1) is 9.82 Å². The van der Waals surface area contributed by atoms with Crippen LogP contribution in [0, 0.1) is 10.1 Å². The van der Waals surface area contributed by atoms with Gasteiger partial charge in [-0.25, -0.2) is 0 Å². The first-order valence-electron chi connectivity index (χ1n) is 4.58. The van der Waals surface area contributed by atoms with Gasteiger partial charge in [0.1, 0.15) is 0 Å². The largest absolute Gasteiger partial charge is 0.283 e. The van der Waals surface area contributed by atoms with Gasteiger partial charge in [0.15, 0.2) is 0 Å². The molecule has 1 aromatic carbocycles. The molecule has 0 atom stereocenters. The summed E-state index contributed by atoms with van der Waals surface area (Å²) in [6, 6.07) is 10.3. The van der Waals surface area contributed by atoms with Crippen molar-refractivity contribution in [3.63, 3.8) is 0 Å². The van der Waals surface area contributed by atoms with E-state index in [0.29, 0.717) is 4.90 Å². The highest BCUT2D eigenvalue weighted by Gasteiger charge is 2.12. The Kier molecular flexibility index (Phi) is 3.16. The average Bonchev–Trinajstić information content (AvgIpc) is 2.31. The summed E-state index contributed by atoms with van der Waals surface area (Å²) in [5.74, 6) is 0. The van der Waals surface area contributed by atoms with E-state index in [2.05, 4.69) is 4.98 Å². The first-order valence-corrected chi connectivity index (χ1v) is 5.40. The minimum Gasteiger partial charge on any atom is -0.265 e. The maximum atomic E-state index is 10.8. The van der Waals surface area contributed by atoms with Crippen molar-refractivity contribution in [2.24, 2.45) is 0 Å². The van der Waals surface area contributed by atoms with Crippen molar-refractivity contribution in [1.29, 1.82) is 0 Å². The van der Waals surface area contributed by atoms with Crippen molar-refractivity contribution < 1.29 is 4.92 Å². The van der Waals surface area contributed by atoms with Crippen LogP contribution in [0.2, 0.25) is 0 Å². The zero-order valence-corrected chi connectivity index (χ0v) is 9.05. The highest BCUT2D eigenvalue weighted by Crippen LogP contribution is 2.33. The van der Waals surface area contributed by atoms with Gasteiger partial charge in [-0.3, -0.25) is 15.1 Å². The Morgan fingerprint density at radius 2 is 1.81 bits per heavy atom. The predicted octanol–water partition coefficient (Wildman–Crippen LogP) is 3.14. The number of nitrogens with zero attached hydrogens (tertiary/aromatic N) is 2. The summed E-state index contributed by atoms with van der Waals surface area (Å²) in [7, 11) is 0. The normalized spacial score (nSPS) is 10.0. The molecule has 0 fully saturated rings. The summed E-state index contributed by atoms with van der Waals surface area (Å²) < 4.78 is 0. The Labute approximate surface area is 96.5 Å². The van der Waals surface area contributed by atoms with Crippen LogP contribution in [0.25, 0.3) is 0 Å². The average molecular weight is 232 g/mol. The number of benzene rings is 1. The molecule has 0 aliphatic carbocycles. The number of pyridine rings is 1. The molecule has 0 aliphatic heterocycles. The van der Waals surface area contributed by atoms with E-state index < -0.39 is 0 Å². The molecule has 1 aromatic heterocycles. The molecule has 0 saturated carbocycles. The number of nitro groups is 1. The predicted molar refractivity (Wildman–Crippen MR) is 61.5 cm³/mol. The third-order valence-electron chi connectivity index (χ3n) is 1.94. The van der Waals surface area contributed by atoms with Crippen molar-refractivity contribution in [1.82, 2.24) is 4.98 Å². The summed E-state index contributed by atoms with van der Waals surface area (Å²) >= 11 is 1.36. The molecule has 0 aliphatic rings. The van der Waals surface area contributed by atoms with Crippen LogP contribution in [0.1, 0.15) is 0 Å². The lowest BCUT2D eigenvalue weighted by Gasteiger charge is -2.01. The van der Waals surface area contributed by atoms with Crippen LogP contribution >= 0.6 is 11.8 Å². The zero-order valence-electron chi connectivity index (χ0n) is 8.24. The topological polar surface area (TPSA) is 56.0 Å². The van der Waals surface area contributed by atoms with E-state index in [1.807, 2.05) is 12.1 Å². The second-order valence-electron chi connectivity index (χ2n) is 3.01. The van der Waals surface area contributed by atoms with E-state index in [1.54, 1.807) is 30.6 Å². The molecule has 0 N–H and O–H groups in total. The molecule has 5 heteroatoms. The summed E-state index contributed by atoms with van der Waals surface area (Å²) in [6.07, 6.45) is 3.33. The first-order chi connectivity index (χ1) is 7.77. The molecule has 2 aromatic rings. The van der Waals surface area contributed by atoms with Crippen molar-refractivity contribution in [3.8, 4) is 0 Å². The summed E-state index contributed by atoms with van der Waals surface area (Å²) in [4.78, 5) is 15.9. The molecule has 80 valence electrons. The van der Waals surface area contributed by atoms with Crippen LogP contribution in [0.4, 0.5) is 5.69 Å². The van der Waals surface area contributed by atoms with Crippen LogP contribution in [0.15, 0.2) is 58.6 Å². The number of hydrogen-bond acceptors (Lipinski definition) is 4. The maximum Gasteiger partial charge on any atom is 0.283 e. The number of nitro benzene ring substituents is 1. The van der Waals surface area contributed by atoms with Crippen LogP contribution in [0.3, 0.4) is 0 Å². The molecule has 0 saturated heterocycles. The number of hydrogen-bond donors (Lipinski definition) is 0. The second-order valence-corrected chi connectivity index (χ2v) is 4.13. The molecule has 4 nitrogen and oxygen atoms in total. The third kappa shape index (κ3) is 2.38. The summed E-state index contributed by atoms with van der Waals surface area (Å²) in [6.45, 7) is 0. The molecular weight excluding hydrogens is 224 g/mol. The van der Waals surface area contributed by atoms with Gasteiger partial charge in [0.2, 0.25) is 0 Å². The van der Waals surface area contributed by atoms with Gasteiger partial charge >= 0.3 is 0 Å². The molecule has 16 heavy (non-hydrogen) atoms. The Balaban J connectivity index is 2.31. The molecule has 2 rings (SSSR count). The highest BCUT2D eigenvalue weighted by molar-refractivity contribution is 7.99. The Morgan fingerprint density at radius 1 is 1.12 bits per heavy atom. The fourth-order valence-electron chi connectivity index (χ4n) is 1.23. The van der Waals surface area contributed by atoms with Crippen LogP contribution < -0.4 is 0 Å². The van der Waals surface area contributed by atoms with Gasteiger partial charge < -0.3 is 0 Å². The highest BCUT2D eigenvalue weighted by atomic mass is 32.2. The molecule has 1 heterocycles. The lowest BCUT2D eigenvalue weighted by Crippen LogP contribution is -1.89. The minimum absolute atomic E-state index is 0.129. The van der Waals surface area contributed by atoms with E-state index in [1.165, 1.54) is 17.8 Å². The van der Waals surface area contributed by atoms with Crippen LogP contribution in [-0.2, 0) is 0 Å². The third-order valence-corrected chi connectivity index (χ3v) is 3.01. The number of rotatable bonds is 3. The molecule has 0 bridgehead atoms. The van der Waals surface area contributed by atoms with Gasteiger partial charge in [-0.05, 0) is 18.2 Å². The maximum absolute atomic E-state index is 10.8. The Bertz CT molecular complexity index is 502. The quantitative estimate of drug-likeness (QED) is 0.602. The first kappa shape index (κ1) is 10.6. The van der Waals surface area contributed by atoms with Crippen molar-refractivity contribution >= 4 is 17.4 Å². The lowest BCUT2D eigenvalue weighted by atomic mass is 10.3. The zero-order chi connectivity index (χ0) is 11.4. The van der Waals surface area contributed by atoms with Gasteiger partial charge in [0.25, 0.3) is 5.69 Å². The molecule has 0 amide bonds. The molecule has 0 radical (unpaired) electrons. The number of aromatic nitrogens is 1. The van der Waals surface area contributed by atoms with Gasteiger partial charge in [-0.1, -0.05) is 23.9 Å². The van der Waals surface area contributed by atoms with E-state index in [0.717, 1.165) is 4.90 Å². The molecule has 0 spiro atoms. The number of para-hydroxylation sites is 1. The lowest BCUT2D eigenvalue weighted by molar-refractivity contribution is -0.387. The van der Waals surface area contributed by atoms with E-state index in [4.69, 9.17) is 0 Å². The fraction of sp³-hybridized carbons (Fsp3) is 0. The summed E-state index contributed by atoms with van der Waals surface area (Å²) in [5, 5.41) is 10.8. The van der Waals surface area contributed by atoms with Gasteiger partial charge in [0, 0.05) is 23.4 Å². The van der Waals surface area contributed by atoms with E-state index >= 15 is 0 Å². The Morgan fingerprint density at radius 3 is 2.50 bits per heavy atom. The monoisotopic (exact) mass is 232 g/mol. The van der Waals surface area contributed by atoms with Gasteiger partial charge in [-0.2, -0.15) is 0 Å². The van der Waals surface area contributed by atoms with Crippen molar-refractivity contribution in [2.45, 2.75) is 9.79 Å². The van der Waals surface area contributed by atoms with Crippen molar-refractivity contribution in [3.05, 3.63) is 58.9 Å². The summed E-state index contributed by atoms with van der Waals surface area (Å²) in [5.41, 5.74) is 0.129.